The monoisotopic (exact) mass is 451 g/mol. The number of aromatic nitrogens is 2. The number of esters is 1. The summed E-state index contributed by atoms with van der Waals surface area (Å²) in [6.07, 6.45) is 0.0850. The van der Waals surface area contributed by atoms with Crippen molar-refractivity contribution < 1.29 is 24.9 Å². The van der Waals surface area contributed by atoms with Crippen LogP contribution in [0.3, 0.4) is 0 Å². The number of hydrogen-bond acceptors (Lipinski definition) is 8. The lowest BCUT2D eigenvalue weighted by Crippen LogP contribution is -2.44. The molecule has 0 fully saturated rings. The maximum absolute atomic E-state index is 13.3. The number of carbonyl (C=O) groups is 1. The van der Waals surface area contributed by atoms with E-state index in [2.05, 4.69) is 5.32 Å². The highest BCUT2D eigenvalue weighted by Gasteiger charge is 2.45. The van der Waals surface area contributed by atoms with Crippen molar-refractivity contribution in [2.75, 3.05) is 6.61 Å². The number of pyridine rings is 2. The van der Waals surface area contributed by atoms with Crippen LogP contribution in [0.4, 0.5) is 0 Å². The number of nitrogens with zero attached hydrogens (tertiary/aromatic N) is 2. The van der Waals surface area contributed by atoms with E-state index in [1.807, 2.05) is 13.0 Å². The molecule has 0 saturated heterocycles. The lowest BCUT2D eigenvalue weighted by atomic mass is 9.86. The third-order valence-corrected chi connectivity index (χ3v) is 6.68. The average Bonchev–Trinajstić information content (AvgIpc) is 3.17. The predicted octanol–water partition coefficient (Wildman–Crippen LogP) is 1.26. The predicted molar refractivity (Wildman–Crippen MR) is 120 cm³/mol. The number of ether oxygens (including phenoxy) is 1. The van der Waals surface area contributed by atoms with E-state index in [9.17, 15) is 24.9 Å². The first-order chi connectivity index (χ1) is 15.8. The number of phenols is 1. The molecule has 0 saturated carbocycles. The van der Waals surface area contributed by atoms with Crippen LogP contribution in [0.15, 0.2) is 29.1 Å². The van der Waals surface area contributed by atoms with Gasteiger partial charge in [-0.1, -0.05) is 6.92 Å². The maximum atomic E-state index is 13.3. The molecule has 0 spiro atoms. The zero-order valence-electron chi connectivity index (χ0n) is 18.4. The Hall–Kier alpha value is -3.27. The summed E-state index contributed by atoms with van der Waals surface area (Å²) in [6.45, 7) is 3.94. The van der Waals surface area contributed by atoms with Gasteiger partial charge in [-0.25, -0.2) is 9.78 Å². The molecule has 5 rings (SSSR count). The Morgan fingerprint density at radius 1 is 1.30 bits per heavy atom. The fourth-order valence-corrected chi connectivity index (χ4v) is 4.63. The summed E-state index contributed by atoms with van der Waals surface area (Å²) in [7, 11) is 0. The minimum Gasteiger partial charge on any atom is -0.508 e. The Labute approximate surface area is 189 Å². The van der Waals surface area contributed by atoms with Crippen LogP contribution in [0.2, 0.25) is 0 Å². The molecule has 3 aromatic rings. The minimum absolute atomic E-state index is 0.0294. The lowest BCUT2D eigenvalue weighted by Gasteiger charge is -2.31. The highest BCUT2D eigenvalue weighted by Crippen LogP contribution is 2.39. The largest absolute Gasteiger partial charge is 0.508 e. The molecule has 2 aliphatic rings. The van der Waals surface area contributed by atoms with Crippen molar-refractivity contribution in [3.8, 4) is 17.1 Å². The van der Waals surface area contributed by atoms with Crippen LogP contribution in [0, 0.1) is 0 Å². The fraction of sp³-hybridized carbons (Fsp3) is 0.375. The number of nitrogens with one attached hydrogen (secondary N) is 1. The van der Waals surface area contributed by atoms with E-state index in [1.165, 1.54) is 0 Å². The van der Waals surface area contributed by atoms with Gasteiger partial charge in [0.05, 0.1) is 35.6 Å². The third-order valence-electron chi connectivity index (χ3n) is 6.68. The Morgan fingerprint density at radius 3 is 2.82 bits per heavy atom. The molecule has 172 valence electrons. The van der Waals surface area contributed by atoms with Crippen molar-refractivity contribution in [1.82, 2.24) is 14.9 Å². The lowest BCUT2D eigenvalue weighted by molar-refractivity contribution is -0.172. The number of phenolic OH excluding ortho intramolecular Hbond substituents is 1. The highest BCUT2D eigenvalue weighted by molar-refractivity contribution is 5.89. The van der Waals surface area contributed by atoms with E-state index in [4.69, 9.17) is 9.72 Å². The molecule has 2 unspecified atom stereocenters. The van der Waals surface area contributed by atoms with E-state index in [0.717, 1.165) is 10.9 Å². The second-order valence-electron chi connectivity index (χ2n) is 8.69. The van der Waals surface area contributed by atoms with Crippen molar-refractivity contribution in [3.05, 3.63) is 56.9 Å². The van der Waals surface area contributed by atoms with Crippen molar-refractivity contribution in [2.24, 2.45) is 0 Å². The molecular weight excluding hydrogens is 426 g/mol. The number of carbonyl (C=O) groups excluding carboxylic acids is 1. The van der Waals surface area contributed by atoms with Gasteiger partial charge in [0.15, 0.2) is 5.60 Å². The Morgan fingerprint density at radius 2 is 2.09 bits per heavy atom. The second-order valence-corrected chi connectivity index (χ2v) is 8.69. The first-order valence-corrected chi connectivity index (χ1v) is 10.9. The zero-order chi connectivity index (χ0) is 23.5. The number of rotatable bonds is 5. The summed E-state index contributed by atoms with van der Waals surface area (Å²) < 4.78 is 6.69. The third kappa shape index (κ3) is 3.15. The van der Waals surface area contributed by atoms with Crippen molar-refractivity contribution in [1.29, 1.82) is 0 Å². The fourth-order valence-electron chi connectivity index (χ4n) is 4.63. The average molecular weight is 451 g/mol. The van der Waals surface area contributed by atoms with E-state index in [0.29, 0.717) is 29.0 Å². The van der Waals surface area contributed by atoms with Crippen molar-refractivity contribution in [3.63, 3.8) is 0 Å². The van der Waals surface area contributed by atoms with Crippen LogP contribution in [0.5, 0.6) is 5.75 Å². The maximum Gasteiger partial charge on any atom is 0.343 e. The van der Waals surface area contributed by atoms with Crippen LogP contribution >= 0.6 is 0 Å². The highest BCUT2D eigenvalue weighted by atomic mass is 16.6. The molecule has 2 atom stereocenters. The van der Waals surface area contributed by atoms with Gasteiger partial charge in [-0.15, -0.1) is 0 Å². The van der Waals surface area contributed by atoms with Crippen LogP contribution in [-0.2, 0) is 34.8 Å². The standard InChI is InChI=1S/C24H25N3O6/c1-3-24(32)17-7-19-21-13(9-27(19)22(30)16(17)11-33-23(24)31)6-14-15(8-25-12(2)10-28)20(29)5-4-18(14)26-21/h4-7,12,25,28-29,32H,3,8-11H2,1-2H3. The number of hydrogen-bond donors (Lipinski definition) is 4. The Bertz CT molecular complexity index is 1360. The van der Waals surface area contributed by atoms with Gasteiger partial charge in [-0.05, 0) is 37.6 Å². The van der Waals surface area contributed by atoms with Crippen LogP contribution in [-0.4, -0.2) is 43.5 Å². The summed E-state index contributed by atoms with van der Waals surface area (Å²) in [5.74, 6) is -0.634. The summed E-state index contributed by atoms with van der Waals surface area (Å²) in [5, 5.41) is 34.6. The number of aliphatic hydroxyl groups excluding tert-OH is 1. The second kappa shape index (κ2) is 7.65. The molecule has 2 aromatic heterocycles. The van der Waals surface area contributed by atoms with Gasteiger partial charge >= 0.3 is 5.97 Å². The topological polar surface area (TPSA) is 134 Å². The molecule has 0 amide bonds. The molecule has 33 heavy (non-hydrogen) atoms. The molecule has 9 heteroatoms. The van der Waals surface area contributed by atoms with Gasteiger partial charge in [0.25, 0.3) is 5.56 Å². The Kier molecular flexibility index (Phi) is 5.00. The first kappa shape index (κ1) is 21.6. The summed E-state index contributed by atoms with van der Waals surface area (Å²) in [6, 6.07) is 6.73. The summed E-state index contributed by atoms with van der Waals surface area (Å²) in [4.78, 5) is 30.4. The van der Waals surface area contributed by atoms with Gasteiger partial charge in [-0.3, -0.25) is 4.79 Å². The quantitative estimate of drug-likeness (QED) is 0.333. The van der Waals surface area contributed by atoms with Gasteiger partial charge in [0, 0.05) is 34.7 Å². The Balaban J connectivity index is 1.67. The molecule has 0 aliphatic carbocycles. The molecule has 2 aliphatic heterocycles. The molecule has 1 aromatic carbocycles. The number of benzene rings is 1. The minimum atomic E-state index is -1.87. The van der Waals surface area contributed by atoms with Gasteiger partial charge in [-0.2, -0.15) is 0 Å². The van der Waals surface area contributed by atoms with Crippen LogP contribution in [0.1, 0.15) is 42.5 Å². The molecule has 0 bridgehead atoms. The molecule has 4 N–H and O–H groups in total. The first-order valence-electron chi connectivity index (χ1n) is 10.9. The van der Waals surface area contributed by atoms with E-state index in [-0.39, 0.29) is 54.7 Å². The number of fused-ring (bicyclic) bond motifs is 5. The molecule has 4 heterocycles. The number of aromatic hydroxyl groups is 1. The van der Waals surface area contributed by atoms with Crippen molar-refractivity contribution in [2.45, 2.75) is 51.6 Å². The van der Waals surface area contributed by atoms with Gasteiger partial charge in [0.2, 0.25) is 0 Å². The van der Waals surface area contributed by atoms with Gasteiger partial charge in [0.1, 0.15) is 12.4 Å². The molecule has 0 radical (unpaired) electrons. The van der Waals surface area contributed by atoms with Gasteiger partial charge < -0.3 is 29.9 Å². The summed E-state index contributed by atoms with van der Waals surface area (Å²) >= 11 is 0. The summed E-state index contributed by atoms with van der Waals surface area (Å²) in [5.41, 5.74) is 1.62. The zero-order valence-corrected chi connectivity index (χ0v) is 18.4. The SMILES string of the molecule is CCC1(O)C(=O)OCc2c1cc1n(c2=O)Cc2cc3c(CNC(C)CO)c(O)ccc3nc2-1. The smallest absolute Gasteiger partial charge is 0.343 e. The molecular formula is C24H25N3O6. The van der Waals surface area contributed by atoms with E-state index in [1.54, 1.807) is 29.7 Å². The normalized spacial score (nSPS) is 19.7. The van der Waals surface area contributed by atoms with Crippen LogP contribution < -0.4 is 10.9 Å². The van der Waals surface area contributed by atoms with E-state index < -0.39 is 11.6 Å². The van der Waals surface area contributed by atoms with E-state index >= 15 is 0 Å². The number of aliphatic hydroxyl groups is 2. The molecule has 9 nitrogen and oxygen atoms in total. The van der Waals surface area contributed by atoms with Crippen molar-refractivity contribution >= 4 is 16.9 Å². The number of cyclic esters (lactones) is 1. The van der Waals surface area contributed by atoms with Crippen LogP contribution in [0.25, 0.3) is 22.3 Å².